The second-order valence-electron chi connectivity index (χ2n) is 4.06. The van der Waals surface area contributed by atoms with Crippen LogP contribution in [0.5, 0.6) is 0 Å². The second-order valence-corrected chi connectivity index (χ2v) is 4.57. The van der Waals surface area contributed by atoms with Crippen LogP contribution in [0.15, 0.2) is 30.5 Å². The molecule has 0 unspecified atom stereocenters. The van der Waals surface area contributed by atoms with Gasteiger partial charge >= 0.3 is 0 Å². The summed E-state index contributed by atoms with van der Waals surface area (Å²) < 4.78 is 36.1. The molecule has 0 bridgehead atoms. The van der Waals surface area contributed by atoms with Crippen LogP contribution in [0.1, 0.15) is 6.23 Å². The van der Waals surface area contributed by atoms with E-state index in [9.17, 15) is 8.96 Å². The van der Waals surface area contributed by atoms with Gasteiger partial charge in [-0.25, -0.2) is 14.4 Å². The van der Waals surface area contributed by atoms with E-state index in [1.54, 1.807) is 6.07 Å². The van der Waals surface area contributed by atoms with Gasteiger partial charge in [0.05, 0.1) is 12.0 Å². The van der Waals surface area contributed by atoms with Crippen LogP contribution in [0.25, 0.3) is 11.2 Å². The summed E-state index contributed by atoms with van der Waals surface area (Å²) in [5.41, 5.74) is 7.12. The van der Waals surface area contributed by atoms with Crippen LogP contribution in [-0.2, 0) is 14.0 Å². The number of nitrogen functional groups attached to an aromatic ring is 1. The SMILES string of the molecule is Nc1ccnc2c1ncn2[C@@H]1O[C@H](OCP=O)C=C1F. The Morgan fingerprint density at radius 2 is 2.40 bits per heavy atom. The molecule has 20 heavy (non-hydrogen) atoms. The van der Waals surface area contributed by atoms with Gasteiger partial charge in [0.25, 0.3) is 0 Å². The molecule has 0 radical (unpaired) electrons. The van der Waals surface area contributed by atoms with E-state index in [0.717, 1.165) is 0 Å². The Labute approximate surface area is 114 Å². The third-order valence-corrected chi connectivity index (χ3v) is 3.08. The van der Waals surface area contributed by atoms with Crippen molar-refractivity contribution in [3.05, 3.63) is 30.5 Å². The minimum absolute atomic E-state index is 0.0724. The van der Waals surface area contributed by atoms with Crippen LogP contribution in [0, 0.1) is 0 Å². The lowest BCUT2D eigenvalue weighted by atomic mass is 10.3. The fourth-order valence-corrected chi connectivity index (χ4v) is 2.17. The minimum atomic E-state index is -1.01. The largest absolute Gasteiger partial charge is 0.397 e. The number of aromatic nitrogens is 3. The van der Waals surface area contributed by atoms with Crippen molar-refractivity contribution in [3.63, 3.8) is 0 Å². The zero-order chi connectivity index (χ0) is 14.1. The van der Waals surface area contributed by atoms with Crippen molar-refractivity contribution in [2.75, 3.05) is 12.1 Å². The Bertz CT molecular complexity index is 689. The molecule has 3 heterocycles. The highest BCUT2D eigenvalue weighted by molar-refractivity contribution is 7.23. The van der Waals surface area contributed by atoms with E-state index in [4.69, 9.17) is 15.2 Å². The van der Waals surface area contributed by atoms with Crippen LogP contribution >= 0.6 is 8.46 Å². The minimum Gasteiger partial charge on any atom is -0.397 e. The molecule has 1 aliphatic heterocycles. The Kier molecular flexibility index (Phi) is 3.43. The molecule has 3 rings (SSSR count). The van der Waals surface area contributed by atoms with Crippen molar-refractivity contribution in [2.45, 2.75) is 12.5 Å². The highest BCUT2D eigenvalue weighted by Gasteiger charge is 2.31. The summed E-state index contributed by atoms with van der Waals surface area (Å²) in [6.07, 6.45) is 2.12. The molecule has 0 saturated heterocycles. The maximum Gasteiger partial charge on any atom is 0.192 e. The highest BCUT2D eigenvalue weighted by atomic mass is 31.1. The molecule has 0 spiro atoms. The fourth-order valence-electron chi connectivity index (χ4n) is 1.96. The third-order valence-electron chi connectivity index (χ3n) is 2.83. The number of ether oxygens (including phenoxy) is 2. The van der Waals surface area contributed by atoms with Crippen molar-refractivity contribution in [3.8, 4) is 0 Å². The average molecular weight is 296 g/mol. The van der Waals surface area contributed by atoms with E-state index in [1.807, 2.05) is 0 Å². The first-order chi connectivity index (χ1) is 9.70. The summed E-state index contributed by atoms with van der Waals surface area (Å²) in [6.45, 7) is 0. The topological polar surface area (TPSA) is 92.3 Å². The zero-order valence-electron chi connectivity index (χ0n) is 10.1. The van der Waals surface area contributed by atoms with E-state index < -0.39 is 18.3 Å². The summed E-state index contributed by atoms with van der Waals surface area (Å²) in [4.78, 5) is 8.22. The number of hydrogen-bond acceptors (Lipinski definition) is 6. The smallest absolute Gasteiger partial charge is 0.192 e. The Morgan fingerprint density at radius 1 is 1.55 bits per heavy atom. The number of rotatable bonds is 4. The number of imidazole rings is 1. The molecule has 2 aromatic heterocycles. The van der Waals surface area contributed by atoms with Crippen LogP contribution < -0.4 is 5.73 Å². The molecular weight excluding hydrogens is 286 g/mol. The molecule has 2 aromatic rings. The monoisotopic (exact) mass is 296 g/mol. The van der Waals surface area contributed by atoms with Gasteiger partial charge in [-0.3, -0.25) is 9.13 Å². The van der Waals surface area contributed by atoms with Crippen molar-refractivity contribution in [1.29, 1.82) is 0 Å². The molecule has 2 atom stereocenters. The standard InChI is InChI=1S/C11H10FN4O3P/c12-6-3-8(18-5-20-17)19-11(6)16-4-15-9-7(13)1-2-14-10(9)16/h1-4,8,11H,5H2,(H2,13,14)/t8-,11+/m0/s1. The third kappa shape index (κ3) is 2.18. The molecule has 9 heteroatoms. The van der Waals surface area contributed by atoms with E-state index in [0.29, 0.717) is 16.9 Å². The molecule has 104 valence electrons. The lowest BCUT2D eigenvalue weighted by Crippen LogP contribution is -2.15. The Hall–Kier alpha value is -1.89. The number of hydrogen-bond donors (Lipinski definition) is 1. The number of pyridine rings is 1. The van der Waals surface area contributed by atoms with E-state index >= 15 is 0 Å². The number of nitrogens with zero attached hydrogens (tertiary/aromatic N) is 3. The Balaban J connectivity index is 1.91. The van der Waals surface area contributed by atoms with Crippen LogP contribution in [0.3, 0.4) is 0 Å². The molecule has 0 aliphatic carbocycles. The first kappa shape index (κ1) is 13.1. The molecule has 0 amide bonds. The lowest BCUT2D eigenvalue weighted by molar-refractivity contribution is -0.127. The quantitative estimate of drug-likeness (QED) is 0.867. The van der Waals surface area contributed by atoms with E-state index in [-0.39, 0.29) is 14.8 Å². The van der Waals surface area contributed by atoms with Gasteiger partial charge in [-0.1, -0.05) is 0 Å². The van der Waals surface area contributed by atoms with Crippen molar-refractivity contribution in [1.82, 2.24) is 14.5 Å². The first-order valence-corrected chi connectivity index (χ1v) is 6.71. The molecular formula is C11H10FN4O3P. The van der Waals surface area contributed by atoms with Gasteiger partial charge in [-0.05, 0) is 6.07 Å². The number of nitrogens with two attached hydrogens (primary N) is 1. The zero-order valence-corrected chi connectivity index (χ0v) is 11.0. The van der Waals surface area contributed by atoms with Gasteiger partial charge < -0.3 is 15.2 Å². The van der Waals surface area contributed by atoms with Gasteiger partial charge in [0.1, 0.15) is 11.9 Å². The first-order valence-electron chi connectivity index (χ1n) is 5.71. The van der Waals surface area contributed by atoms with E-state index in [2.05, 4.69) is 9.97 Å². The fraction of sp³-hybridized carbons (Fsp3) is 0.273. The van der Waals surface area contributed by atoms with Crippen LogP contribution in [-0.4, -0.2) is 27.2 Å². The predicted octanol–water partition coefficient (Wildman–Crippen LogP) is 1.99. The van der Waals surface area contributed by atoms with Gasteiger partial charge in [0, 0.05) is 12.3 Å². The molecule has 0 fully saturated rings. The van der Waals surface area contributed by atoms with Gasteiger partial charge in [-0.15, -0.1) is 0 Å². The molecule has 7 nitrogen and oxygen atoms in total. The second kappa shape index (κ2) is 5.24. The number of halogens is 1. The Morgan fingerprint density at radius 3 is 3.20 bits per heavy atom. The normalized spacial score (nSPS) is 22.6. The highest BCUT2D eigenvalue weighted by Crippen LogP contribution is 2.33. The summed E-state index contributed by atoms with van der Waals surface area (Å²) >= 11 is 0. The molecule has 2 N–H and O–H groups in total. The van der Waals surface area contributed by atoms with Crippen molar-refractivity contribution in [2.24, 2.45) is 0 Å². The summed E-state index contributed by atoms with van der Waals surface area (Å²) in [5, 5.41) is 0. The molecule has 0 aromatic carbocycles. The van der Waals surface area contributed by atoms with Crippen molar-refractivity contribution < 1.29 is 18.4 Å². The number of fused-ring (bicyclic) bond motifs is 1. The average Bonchev–Trinajstić information content (AvgIpc) is 3.01. The lowest BCUT2D eigenvalue weighted by Gasteiger charge is -2.15. The molecule has 1 aliphatic rings. The van der Waals surface area contributed by atoms with E-state index in [1.165, 1.54) is 23.2 Å². The maximum atomic E-state index is 13.9. The summed E-state index contributed by atoms with van der Waals surface area (Å²) in [5.74, 6) is -0.527. The summed E-state index contributed by atoms with van der Waals surface area (Å²) in [7, 11) is -0.193. The van der Waals surface area contributed by atoms with Gasteiger partial charge in [0.2, 0.25) is 0 Å². The van der Waals surface area contributed by atoms with Gasteiger partial charge in [0.15, 0.2) is 32.5 Å². The van der Waals surface area contributed by atoms with Crippen LogP contribution in [0.2, 0.25) is 0 Å². The maximum absolute atomic E-state index is 13.9. The molecule has 0 saturated carbocycles. The van der Waals surface area contributed by atoms with Crippen LogP contribution in [0.4, 0.5) is 10.1 Å². The summed E-state index contributed by atoms with van der Waals surface area (Å²) in [6, 6.07) is 1.61. The predicted molar refractivity (Wildman–Crippen MR) is 68.6 cm³/mol. The van der Waals surface area contributed by atoms with Gasteiger partial charge in [-0.2, -0.15) is 0 Å². The van der Waals surface area contributed by atoms with Crippen molar-refractivity contribution >= 4 is 25.3 Å². The number of anilines is 1.